The van der Waals surface area contributed by atoms with Crippen LogP contribution in [-0.2, 0) is 0 Å². The highest BCUT2D eigenvalue weighted by Crippen LogP contribution is 1.38. The Hall–Kier alpha value is -0.535. The summed E-state index contributed by atoms with van der Waals surface area (Å²) in [5.74, 6) is 0. The second-order valence-corrected chi connectivity index (χ2v) is 0.550. The molecule has 0 aromatic heterocycles. The third kappa shape index (κ3) is 381. The molecule has 0 saturated carbocycles. The zero-order valence-electron chi connectivity index (χ0n) is 5.30. The van der Waals surface area contributed by atoms with Crippen LogP contribution in [0, 0.1) is 0 Å². The van der Waals surface area contributed by atoms with E-state index in [4.69, 9.17) is 10.0 Å². The van der Waals surface area contributed by atoms with Crippen molar-refractivity contribution in [3.8, 4) is 0 Å². The van der Waals surface area contributed by atoms with Gasteiger partial charge in [-0.25, -0.2) is 0 Å². The summed E-state index contributed by atoms with van der Waals surface area (Å²) >= 11 is 0. The van der Waals surface area contributed by atoms with Crippen molar-refractivity contribution in [3.05, 3.63) is 25.8 Å². The van der Waals surface area contributed by atoms with Gasteiger partial charge in [-0.2, -0.15) is 0 Å². The molecule has 0 aliphatic rings. The van der Waals surface area contributed by atoms with Crippen LogP contribution >= 0.6 is 0 Å². The Morgan fingerprint density at radius 3 is 1.38 bits per heavy atom. The topological polar surface area (TPSA) is 40.5 Å². The third-order valence-electron chi connectivity index (χ3n) is 0. The van der Waals surface area contributed by atoms with E-state index >= 15 is 0 Å². The predicted octanol–water partition coefficient (Wildman–Crippen LogP) is 0.232. The highest BCUT2D eigenvalue weighted by molar-refractivity contribution is 6.13. The van der Waals surface area contributed by atoms with Gasteiger partial charge < -0.3 is 10.0 Å². The lowest BCUT2D eigenvalue weighted by molar-refractivity contribution is 0.448. The standard InChI is InChI=1S/C3H6.C2H4.BH3O2/c1-3-2;1-2;2-1-3/h3H,1H2,2H3;1-2H2;1-3H. The van der Waals surface area contributed by atoms with Crippen molar-refractivity contribution in [2.45, 2.75) is 6.92 Å². The van der Waals surface area contributed by atoms with Crippen LogP contribution in [0.4, 0.5) is 0 Å². The van der Waals surface area contributed by atoms with Gasteiger partial charge in [-0.1, -0.05) is 6.08 Å². The summed E-state index contributed by atoms with van der Waals surface area (Å²) in [5, 5.41) is 14.2. The summed E-state index contributed by atoms with van der Waals surface area (Å²) in [4.78, 5) is 0. The molecule has 0 aromatic carbocycles. The van der Waals surface area contributed by atoms with Crippen LogP contribution < -0.4 is 0 Å². The van der Waals surface area contributed by atoms with Crippen molar-refractivity contribution in [1.82, 2.24) is 0 Å². The lowest BCUT2D eigenvalue weighted by Crippen LogP contribution is -1.75. The van der Waals surface area contributed by atoms with Crippen molar-refractivity contribution < 1.29 is 10.0 Å². The quantitative estimate of drug-likeness (QED) is 0.351. The molecule has 0 bridgehead atoms. The molecule has 0 unspecified atom stereocenters. The number of allylic oxidation sites excluding steroid dienone is 1. The fourth-order valence-corrected chi connectivity index (χ4v) is 0. The summed E-state index contributed by atoms with van der Waals surface area (Å²) in [6.45, 7) is 11.2. The maximum Gasteiger partial charge on any atom is 0.432 e. The normalized spacial score (nSPS) is 3.88. The van der Waals surface area contributed by atoms with E-state index in [1.54, 1.807) is 6.08 Å². The van der Waals surface area contributed by atoms with E-state index in [2.05, 4.69) is 19.7 Å². The minimum Gasteiger partial charge on any atom is -0.430 e. The van der Waals surface area contributed by atoms with Crippen molar-refractivity contribution in [1.29, 1.82) is 0 Å². The Kier molecular flexibility index (Phi) is 176. The van der Waals surface area contributed by atoms with E-state index in [1.807, 2.05) is 6.92 Å². The Labute approximate surface area is 51.5 Å². The SMILES string of the molecule is C=C.C=CC.OBO. The van der Waals surface area contributed by atoms with Gasteiger partial charge in [0.1, 0.15) is 0 Å². The van der Waals surface area contributed by atoms with Gasteiger partial charge >= 0.3 is 7.69 Å². The van der Waals surface area contributed by atoms with Crippen LogP contribution in [-0.4, -0.2) is 17.7 Å². The van der Waals surface area contributed by atoms with Gasteiger partial charge in [0.25, 0.3) is 0 Å². The van der Waals surface area contributed by atoms with Gasteiger partial charge in [0.2, 0.25) is 0 Å². The monoisotopic (exact) mass is 116 g/mol. The minimum absolute atomic E-state index is 0.750. The zero-order valence-corrected chi connectivity index (χ0v) is 5.30. The van der Waals surface area contributed by atoms with E-state index in [1.165, 1.54) is 0 Å². The van der Waals surface area contributed by atoms with Crippen molar-refractivity contribution in [2.75, 3.05) is 0 Å². The molecule has 0 aliphatic carbocycles. The fourth-order valence-electron chi connectivity index (χ4n) is 0. The average Bonchev–Trinajstić information content (AvgIpc) is 1.75. The van der Waals surface area contributed by atoms with Crippen molar-refractivity contribution >= 4 is 7.69 Å². The zero-order chi connectivity index (χ0) is 7.41. The molecule has 48 valence electrons. The van der Waals surface area contributed by atoms with E-state index in [0.717, 1.165) is 0 Å². The molecular weight excluding hydrogens is 103 g/mol. The fraction of sp³-hybridized carbons (Fsp3) is 0.200. The van der Waals surface area contributed by atoms with E-state index in [-0.39, 0.29) is 0 Å². The summed E-state index contributed by atoms with van der Waals surface area (Å²) in [5.41, 5.74) is 0. The van der Waals surface area contributed by atoms with Crippen LogP contribution in [0.1, 0.15) is 6.92 Å². The molecule has 2 nitrogen and oxygen atoms in total. The van der Waals surface area contributed by atoms with Crippen LogP contribution in [0.25, 0.3) is 0 Å². The molecule has 3 heteroatoms. The molecule has 0 heterocycles. The second-order valence-electron chi connectivity index (χ2n) is 0.550. The highest BCUT2D eigenvalue weighted by Gasteiger charge is 1.48. The first-order valence-corrected chi connectivity index (χ1v) is 2.12. The molecule has 0 rings (SSSR count). The smallest absolute Gasteiger partial charge is 0.430 e. The van der Waals surface area contributed by atoms with Crippen LogP contribution in [0.15, 0.2) is 25.8 Å². The van der Waals surface area contributed by atoms with Crippen LogP contribution in [0.2, 0.25) is 0 Å². The maximum atomic E-state index is 7.12. The van der Waals surface area contributed by atoms with Gasteiger partial charge in [-0.3, -0.25) is 0 Å². The second kappa shape index (κ2) is 90.0. The first kappa shape index (κ1) is 15.7. The Morgan fingerprint density at radius 2 is 1.38 bits per heavy atom. The summed E-state index contributed by atoms with van der Waals surface area (Å²) in [6, 6.07) is 0. The molecule has 0 amide bonds. The predicted molar refractivity (Wildman–Crippen MR) is 38.7 cm³/mol. The Balaban J connectivity index is -0.0000000483. The summed E-state index contributed by atoms with van der Waals surface area (Å²) in [6.07, 6.45) is 1.75. The number of hydrogen-bond acceptors (Lipinski definition) is 2. The third-order valence-corrected chi connectivity index (χ3v) is 0. The molecule has 0 saturated heterocycles. The molecular formula is C5H13BO2. The van der Waals surface area contributed by atoms with Gasteiger partial charge in [0.15, 0.2) is 0 Å². The minimum atomic E-state index is -0.750. The Morgan fingerprint density at radius 1 is 1.38 bits per heavy atom. The van der Waals surface area contributed by atoms with E-state index in [0.29, 0.717) is 0 Å². The number of rotatable bonds is 0. The molecule has 0 spiro atoms. The van der Waals surface area contributed by atoms with Crippen LogP contribution in [0.5, 0.6) is 0 Å². The lowest BCUT2D eigenvalue weighted by Gasteiger charge is -1.48. The molecule has 0 aromatic rings. The Bertz CT molecular complexity index is 31.6. The first-order chi connectivity index (χ1) is 3.83. The van der Waals surface area contributed by atoms with Gasteiger partial charge in [-0.15, -0.1) is 19.7 Å². The summed E-state index contributed by atoms with van der Waals surface area (Å²) in [7, 11) is -0.750. The van der Waals surface area contributed by atoms with E-state index in [9.17, 15) is 0 Å². The lowest BCUT2D eigenvalue weighted by atomic mass is 10.5. The molecule has 0 atom stereocenters. The largest absolute Gasteiger partial charge is 0.432 e. The molecule has 0 radical (unpaired) electrons. The van der Waals surface area contributed by atoms with Crippen LogP contribution in [0.3, 0.4) is 0 Å². The first-order valence-electron chi connectivity index (χ1n) is 2.12. The van der Waals surface area contributed by atoms with Gasteiger partial charge in [0.05, 0.1) is 0 Å². The highest BCUT2D eigenvalue weighted by atomic mass is 16.4. The number of hydrogen-bond donors (Lipinski definition) is 2. The molecule has 0 aliphatic heterocycles. The van der Waals surface area contributed by atoms with Gasteiger partial charge in [0, 0.05) is 0 Å². The van der Waals surface area contributed by atoms with Gasteiger partial charge in [-0.05, 0) is 6.92 Å². The molecule has 2 N–H and O–H groups in total. The average molecular weight is 116 g/mol. The molecule has 8 heavy (non-hydrogen) atoms. The maximum absolute atomic E-state index is 7.12. The van der Waals surface area contributed by atoms with Crippen molar-refractivity contribution in [3.63, 3.8) is 0 Å². The van der Waals surface area contributed by atoms with E-state index < -0.39 is 7.69 Å². The summed E-state index contributed by atoms with van der Waals surface area (Å²) < 4.78 is 0. The molecule has 0 fully saturated rings. The van der Waals surface area contributed by atoms with Crippen molar-refractivity contribution in [2.24, 2.45) is 0 Å².